The quantitative estimate of drug-likeness (QED) is 0.0713. The van der Waals surface area contributed by atoms with E-state index in [0.29, 0.717) is 18.1 Å². The predicted octanol–water partition coefficient (Wildman–Crippen LogP) is 5.62. The van der Waals surface area contributed by atoms with Gasteiger partial charge >= 0.3 is 23.9 Å². The van der Waals surface area contributed by atoms with Gasteiger partial charge < -0.3 is 48.5 Å². The number of carbonyl (C=O) groups is 4. The van der Waals surface area contributed by atoms with Gasteiger partial charge in [-0.3, -0.25) is 24.2 Å². The fourth-order valence-electron chi connectivity index (χ4n) is 8.15. The van der Waals surface area contributed by atoms with Crippen LogP contribution in [-0.2, 0) is 71.9 Å². The monoisotopic (exact) mass is 911 g/mol. The summed E-state index contributed by atoms with van der Waals surface area (Å²) in [4.78, 5) is 55.6. The molecule has 0 bridgehead atoms. The average molecular weight is 912 g/mol. The number of esters is 4. The zero-order chi connectivity index (χ0) is 46.5. The minimum absolute atomic E-state index is 0.0111. The molecular weight excluding hydrogens is 855 g/mol. The summed E-state index contributed by atoms with van der Waals surface area (Å²) in [6.45, 7) is 6.07. The number of hydrogen-bond acceptors (Lipinski definition) is 15. The summed E-state index contributed by atoms with van der Waals surface area (Å²) in [5.41, 5.74) is 5.59. The maximum Gasteiger partial charge on any atom is 0.303 e. The van der Waals surface area contributed by atoms with Crippen molar-refractivity contribution in [2.24, 2.45) is 0 Å². The lowest BCUT2D eigenvalue weighted by atomic mass is 9.83. The number of rotatable bonds is 18. The number of carbonyl (C=O) groups excluding carboxylic acids is 4. The summed E-state index contributed by atoms with van der Waals surface area (Å²) in [5, 5.41) is 13.1. The number of thiocarbonyl (C=S) groups is 1. The van der Waals surface area contributed by atoms with Crippen molar-refractivity contribution in [1.82, 2.24) is 15.2 Å². The highest BCUT2D eigenvalue weighted by Crippen LogP contribution is 2.47. The van der Waals surface area contributed by atoms with E-state index < -0.39 is 60.7 Å². The Bertz CT molecular complexity index is 2200. The van der Waals surface area contributed by atoms with Crippen LogP contribution in [0.5, 0.6) is 0 Å². The number of ether oxygens (including phenoxy) is 7. The molecule has 9 atom stereocenters. The van der Waals surface area contributed by atoms with Gasteiger partial charge in [-0.15, -0.1) is 0 Å². The fourth-order valence-corrected chi connectivity index (χ4v) is 8.38. The van der Waals surface area contributed by atoms with Crippen LogP contribution >= 0.6 is 12.2 Å². The standard InChI is InChI=1S/C49H57N3O12S/c1-30(54)58-29-42-47(60-32(3)56)48(61-33(4)57)46(59-31(2)55)40(62-42)25-43(65)51-26-34-14-20-38(21-15-34)49-63-41(27-52(5)24-22-39-13-9-10-23-50-39)44(36-11-7-6-8-12-36)45(64-49)37-18-16-35(28-53)17-19-37/h6-21,23,40-42,44-49,53H,22,24-29H2,1-5H3,(H,51,65). The molecule has 16 heteroatoms. The number of nitrogens with one attached hydrogen (secondary N) is 1. The highest BCUT2D eigenvalue weighted by molar-refractivity contribution is 7.80. The summed E-state index contributed by atoms with van der Waals surface area (Å²) in [6, 6.07) is 31.9. The summed E-state index contributed by atoms with van der Waals surface area (Å²) in [7, 11) is 2.09. The van der Waals surface area contributed by atoms with Gasteiger partial charge in [0.15, 0.2) is 24.6 Å². The molecule has 0 spiro atoms. The molecule has 2 aliphatic rings. The molecule has 346 valence electrons. The molecule has 0 amide bonds. The molecule has 0 radical (unpaired) electrons. The van der Waals surface area contributed by atoms with Crippen molar-refractivity contribution in [3.63, 3.8) is 0 Å². The average Bonchev–Trinajstić information content (AvgIpc) is 3.29. The second-order valence-electron chi connectivity index (χ2n) is 16.2. The van der Waals surface area contributed by atoms with Gasteiger partial charge in [0.2, 0.25) is 0 Å². The van der Waals surface area contributed by atoms with Gasteiger partial charge in [0, 0.05) is 83.5 Å². The maximum absolute atomic E-state index is 12.3. The second-order valence-corrected chi connectivity index (χ2v) is 16.7. The van der Waals surface area contributed by atoms with Crippen molar-refractivity contribution in [1.29, 1.82) is 0 Å². The fraction of sp³-hybridized carbons (Fsp3) is 0.429. The normalized spacial score (nSPS) is 24.1. The van der Waals surface area contributed by atoms with Gasteiger partial charge in [0.25, 0.3) is 0 Å². The van der Waals surface area contributed by atoms with E-state index in [-0.39, 0.29) is 37.8 Å². The molecule has 15 nitrogen and oxygen atoms in total. The van der Waals surface area contributed by atoms with E-state index in [1.807, 2.05) is 91.1 Å². The predicted molar refractivity (Wildman–Crippen MR) is 241 cm³/mol. The molecule has 2 N–H and O–H groups in total. The number of aliphatic hydroxyl groups is 1. The minimum atomic E-state index is -1.28. The lowest BCUT2D eigenvalue weighted by Gasteiger charge is -2.44. The van der Waals surface area contributed by atoms with Gasteiger partial charge in [0.1, 0.15) is 18.8 Å². The Morgan fingerprint density at radius 3 is 1.92 bits per heavy atom. The molecular formula is C49H57N3O12S. The number of aliphatic hydroxyl groups excluding tert-OH is 1. The number of aromatic nitrogens is 1. The molecule has 9 unspecified atom stereocenters. The highest BCUT2D eigenvalue weighted by Gasteiger charge is 2.52. The number of pyridine rings is 1. The van der Waals surface area contributed by atoms with E-state index in [1.54, 1.807) is 0 Å². The van der Waals surface area contributed by atoms with Crippen molar-refractivity contribution in [2.45, 2.75) is 109 Å². The molecule has 65 heavy (non-hydrogen) atoms. The van der Waals surface area contributed by atoms with E-state index in [1.165, 1.54) is 27.7 Å². The molecule has 3 heterocycles. The van der Waals surface area contributed by atoms with Crippen LogP contribution in [0, 0.1) is 0 Å². The van der Waals surface area contributed by atoms with Gasteiger partial charge in [-0.2, -0.15) is 0 Å². The topological polar surface area (TPSA) is 181 Å². The van der Waals surface area contributed by atoms with Crippen LogP contribution in [0.3, 0.4) is 0 Å². The molecule has 2 aliphatic heterocycles. The first-order chi connectivity index (χ1) is 31.3. The minimum Gasteiger partial charge on any atom is -0.463 e. The molecule has 0 aliphatic carbocycles. The largest absolute Gasteiger partial charge is 0.463 e. The van der Waals surface area contributed by atoms with Gasteiger partial charge in [0.05, 0.1) is 23.8 Å². The van der Waals surface area contributed by atoms with Gasteiger partial charge in [-0.25, -0.2) is 0 Å². The molecule has 1 aromatic heterocycles. The van der Waals surface area contributed by atoms with Crippen molar-refractivity contribution < 1.29 is 57.4 Å². The Kier molecular flexibility index (Phi) is 17.7. The van der Waals surface area contributed by atoms with Crippen molar-refractivity contribution in [3.05, 3.63) is 137 Å². The highest BCUT2D eigenvalue weighted by atomic mass is 32.1. The van der Waals surface area contributed by atoms with Crippen LogP contribution in [0.25, 0.3) is 0 Å². The van der Waals surface area contributed by atoms with E-state index in [4.69, 9.17) is 45.4 Å². The third-order valence-electron chi connectivity index (χ3n) is 11.2. The Morgan fingerprint density at radius 2 is 1.31 bits per heavy atom. The van der Waals surface area contributed by atoms with E-state index in [0.717, 1.165) is 46.5 Å². The van der Waals surface area contributed by atoms with E-state index in [2.05, 4.69) is 34.4 Å². The molecule has 0 saturated carbocycles. The summed E-state index contributed by atoms with van der Waals surface area (Å²) in [5.74, 6) is -2.87. The van der Waals surface area contributed by atoms with Gasteiger partial charge in [-0.1, -0.05) is 97.1 Å². The maximum atomic E-state index is 12.3. The van der Waals surface area contributed by atoms with Crippen LogP contribution in [0.1, 0.15) is 85.9 Å². The Hall–Kier alpha value is -5.62. The number of likely N-dealkylation sites (N-methyl/N-ethyl adjacent to an activating group) is 1. The molecule has 2 saturated heterocycles. The van der Waals surface area contributed by atoms with Gasteiger partial charge in [-0.05, 0) is 41.4 Å². The van der Waals surface area contributed by atoms with Crippen LogP contribution < -0.4 is 5.32 Å². The van der Waals surface area contributed by atoms with Crippen LogP contribution in [0.2, 0.25) is 0 Å². The summed E-state index contributed by atoms with van der Waals surface area (Å²) >= 11 is 5.75. The van der Waals surface area contributed by atoms with Crippen LogP contribution in [0.4, 0.5) is 0 Å². The third kappa shape index (κ3) is 13.9. The lowest BCUT2D eigenvalue weighted by molar-refractivity contribution is -0.263. The van der Waals surface area contributed by atoms with E-state index >= 15 is 0 Å². The number of benzene rings is 3. The first-order valence-corrected chi connectivity index (χ1v) is 22.0. The first kappa shape index (κ1) is 48.8. The first-order valence-electron chi connectivity index (χ1n) is 21.6. The number of nitrogens with zero attached hydrogens (tertiary/aromatic N) is 2. The Labute approximate surface area is 384 Å². The molecule has 6 rings (SSSR count). The number of hydrogen-bond donors (Lipinski definition) is 2. The third-order valence-corrected chi connectivity index (χ3v) is 11.5. The van der Waals surface area contributed by atoms with Crippen LogP contribution in [-0.4, -0.2) is 107 Å². The lowest BCUT2D eigenvalue weighted by Crippen LogP contribution is -2.62. The van der Waals surface area contributed by atoms with Crippen LogP contribution in [0.15, 0.2) is 103 Å². The smallest absolute Gasteiger partial charge is 0.303 e. The second kappa shape index (κ2) is 23.5. The summed E-state index contributed by atoms with van der Waals surface area (Å²) in [6.07, 6.45) is -4.57. The van der Waals surface area contributed by atoms with Crippen molar-refractivity contribution in [3.8, 4) is 0 Å². The van der Waals surface area contributed by atoms with E-state index in [9.17, 15) is 24.3 Å². The van der Waals surface area contributed by atoms with Crippen molar-refractivity contribution >= 4 is 41.1 Å². The Morgan fingerprint density at radius 1 is 0.692 bits per heavy atom. The Balaban J connectivity index is 1.19. The molecule has 4 aromatic rings. The summed E-state index contributed by atoms with van der Waals surface area (Å²) < 4.78 is 41.9. The van der Waals surface area contributed by atoms with Crippen molar-refractivity contribution in [2.75, 3.05) is 26.7 Å². The molecule has 2 fully saturated rings. The SMILES string of the molecule is CC(=O)OCC1OC(CC(=S)NCc2ccc(C3OC(CN(C)CCc4ccccn4)C(c4ccccc4)C(c4ccc(CO)cc4)O3)cc2)C(OC(C)=O)C(OC(C)=O)C1OC(C)=O. The molecule has 3 aromatic carbocycles. The zero-order valence-corrected chi connectivity index (χ0v) is 38.0. The zero-order valence-electron chi connectivity index (χ0n) is 37.2.